The fourth-order valence-electron chi connectivity index (χ4n) is 3.16. The van der Waals surface area contributed by atoms with Crippen molar-refractivity contribution in [3.05, 3.63) is 34.9 Å². The Morgan fingerprint density at radius 2 is 1.84 bits per heavy atom. The second kappa shape index (κ2) is 6.06. The van der Waals surface area contributed by atoms with Crippen LogP contribution < -0.4 is 0 Å². The maximum Gasteiger partial charge on any atom is 0.0939 e. The lowest BCUT2D eigenvalue weighted by molar-refractivity contribution is -0.122. The second-order valence-electron chi connectivity index (χ2n) is 5.97. The van der Waals surface area contributed by atoms with Crippen molar-refractivity contribution in [3.8, 4) is 0 Å². The molecule has 2 rings (SSSR count). The molecule has 0 radical (unpaired) electrons. The Balaban J connectivity index is 2.10. The van der Waals surface area contributed by atoms with Crippen LogP contribution in [0.4, 0.5) is 0 Å². The van der Waals surface area contributed by atoms with E-state index in [9.17, 15) is 5.11 Å². The van der Waals surface area contributed by atoms with Crippen molar-refractivity contribution < 1.29 is 9.84 Å². The number of aliphatic hydroxyl groups excluding tert-OH is 1. The number of aliphatic hydroxyl groups is 1. The zero-order valence-electron chi connectivity index (χ0n) is 12.4. The van der Waals surface area contributed by atoms with Crippen molar-refractivity contribution in [2.24, 2.45) is 0 Å². The van der Waals surface area contributed by atoms with Crippen molar-refractivity contribution in [1.82, 2.24) is 0 Å². The van der Waals surface area contributed by atoms with Gasteiger partial charge in [0.2, 0.25) is 0 Å². The van der Waals surface area contributed by atoms with E-state index in [2.05, 4.69) is 32.0 Å². The van der Waals surface area contributed by atoms with Gasteiger partial charge in [-0.2, -0.15) is 0 Å². The van der Waals surface area contributed by atoms with Gasteiger partial charge in [0, 0.05) is 13.5 Å². The predicted molar refractivity (Wildman–Crippen MR) is 78.5 cm³/mol. The Bertz CT molecular complexity index is 419. The van der Waals surface area contributed by atoms with Crippen LogP contribution in [0.3, 0.4) is 0 Å². The predicted octanol–water partition coefficient (Wildman–Crippen LogP) is 3.56. The molecule has 0 spiro atoms. The van der Waals surface area contributed by atoms with Gasteiger partial charge in [0.1, 0.15) is 0 Å². The normalized spacial score (nSPS) is 20.2. The minimum absolute atomic E-state index is 0.322. The molecule has 1 aromatic rings. The van der Waals surface area contributed by atoms with Gasteiger partial charge in [-0.15, -0.1) is 0 Å². The number of aryl methyl sites for hydroxylation is 2. The number of hydrogen-bond donors (Lipinski definition) is 1. The zero-order chi connectivity index (χ0) is 13.9. The molecule has 1 N–H and O–H groups in total. The largest absolute Gasteiger partial charge is 0.390 e. The third-order valence-corrected chi connectivity index (χ3v) is 4.71. The maximum atomic E-state index is 10.6. The van der Waals surface area contributed by atoms with Crippen molar-refractivity contribution in [2.45, 2.75) is 64.1 Å². The molecule has 1 unspecified atom stereocenters. The zero-order valence-corrected chi connectivity index (χ0v) is 12.4. The molecule has 1 atom stereocenters. The van der Waals surface area contributed by atoms with Crippen LogP contribution in [-0.2, 0) is 11.2 Å². The smallest absolute Gasteiger partial charge is 0.0939 e. The summed E-state index contributed by atoms with van der Waals surface area (Å²) in [4.78, 5) is 0. The monoisotopic (exact) mass is 262 g/mol. The molecule has 1 aliphatic carbocycles. The summed E-state index contributed by atoms with van der Waals surface area (Å²) < 4.78 is 5.72. The molecule has 0 heterocycles. The number of hydrogen-bond acceptors (Lipinski definition) is 2. The van der Waals surface area contributed by atoms with Crippen LogP contribution in [0.5, 0.6) is 0 Å². The molecule has 1 aliphatic rings. The minimum atomic E-state index is -0.403. The molecule has 1 aromatic carbocycles. The summed E-state index contributed by atoms with van der Waals surface area (Å²) in [5, 5.41) is 10.6. The molecule has 0 aromatic heterocycles. The Hall–Kier alpha value is -0.860. The molecule has 0 amide bonds. The van der Waals surface area contributed by atoms with E-state index in [1.165, 1.54) is 23.1 Å². The Morgan fingerprint density at radius 1 is 1.16 bits per heavy atom. The first-order valence-electron chi connectivity index (χ1n) is 7.37. The van der Waals surface area contributed by atoms with E-state index in [0.717, 1.165) is 25.7 Å². The second-order valence-corrected chi connectivity index (χ2v) is 5.97. The van der Waals surface area contributed by atoms with Crippen LogP contribution in [0, 0.1) is 13.8 Å². The molecule has 19 heavy (non-hydrogen) atoms. The topological polar surface area (TPSA) is 29.5 Å². The van der Waals surface area contributed by atoms with Crippen molar-refractivity contribution in [3.63, 3.8) is 0 Å². The third-order valence-electron chi connectivity index (χ3n) is 4.71. The van der Waals surface area contributed by atoms with Crippen LogP contribution >= 0.6 is 0 Å². The van der Waals surface area contributed by atoms with E-state index in [-0.39, 0.29) is 5.60 Å². The van der Waals surface area contributed by atoms with Gasteiger partial charge in [-0.3, -0.25) is 0 Å². The summed E-state index contributed by atoms with van der Waals surface area (Å²) in [6.07, 6.45) is 5.84. The van der Waals surface area contributed by atoms with Gasteiger partial charge in [0.05, 0.1) is 11.7 Å². The molecular weight excluding hydrogens is 236 g/mol. The lowest BCUT2D eigenvalue weighted by atomic mass is 9.78. The van der Waals surface area contributed by atoms with E-state index in [1.54, 1.807) is 7.11 Å². The molecule has 0 aliphatic heterocycles. The van der Waals surface area contributed by atoms with Gasteiger partial charge < -0.3 is 9.84 Å². The fraction of sp³-hybridized carbons (Fsp3) is 0.647. The first-order valence-corrected chi connectivity index (χ1v) is 7.37. The lowest BCUT2D eigenvalue weighted by Gasteiger charge is -2.40. The quantitative estimate of drug-likeness (QED) is 0.899. The van der Waals surface area contributed by atoms with Crippen molar-refractivity contribution in [1.29, 1.82) is 0 Å². The van der Waals surface area contributed by atoms with Crippen LogP contribution in [-0.4, -0.2) is 23.9 Å². The fourth-order valence-corrected chi connectivity index (χ4v) is 3.16. The molecule has 0 bridgehead atoms. The molecule has 2 nitrogen and oxygen atoms in total. The van der Waals surface area contributed by atoms with E-state index >= 15 is 0 Å². The molecule has 1 saturated carbocycles. The number of ether oxygens (including phenoxy) is 1. The highest BCUT2D eigenvalue weighted by Gasteiger charge is 2.38. The van der Waals surface area contributed by atoms with Crippen molar-refractivity contribution in [2.75, 3.05) is 7.11 Å². The molecular formula is C17H26O2. The summed E-state index contributed by atoms with van der Waals surface area (Å²) >= 11 is 0. The van der Waals surface area contributed by atoms with Gasteiger partial charge in [0.25, 0.3) is 0 Å². The van der Waals surface area contributed by atoms with Crippen LogP contribution in [0.15, 0.2) is 18.2 Å². The number of benzene rings is 1. The van der Waals surface area contributed by atoms with Crippen LogP contribution in [0.2, 0.25) is 0 Å². The van der Waals surface area contributed by atoms with Gasteiger partial charge in [0.15, 0.2) is 0 Å². The van der Waals surface area contributed by atoms with E-state index in [1.807, 2.05) is 0 Å². The van der Waals surface area contributed by atoms with Gasteiger partial charge in [-0.05, 0) is 43.4 Å². The Labute approximate surface area is 116 Å². The first kappa shape index (κ1) is 14.5. The summed E-state index contributed by atoms with van der Waals surface area (Å²) in [5.74, 6) is 0. The highest BCUT2D eigenvalue weighted by atomic mass is 16.5. The Kier molecular flexibility index (Phi) is 4.64. The summed E-state index contributed by atoms with van der Waals surface area (Å²) in [7, 11) is 1.74. The summed E-state index contributed by atoms with van der Waals surface area (Å²) in [6, 6.07) is 6.44. The van der Waals surface area contributed by atoms with Crippen LogP contribution in [0.25, 0.3) is 0 Å². The number of rotatable bonds is 4. The Morgan fingerprint density at radius 3 is 2.42 bits per heavy atom. The lowest BCUT2D eigenvalue weighted by Crippen LogP contribution is -2.46. The van der Waals surface area contributed by atoms with Gasteiger partial charge in [-0.1, -0.05) is 37.5 Å². The number of methoxy groups -OCH3 is 1. The van der Waals surface area contributed by atoms with E-state index < -0.39 is 6.10 Å². The molecule has 1 fully saturated rings. The highest BCUT2D eigenvalue weighted by Crippen LogP contribution is 2.35. The molecule has 0 saturated heterocycles. The van der Waals surface area contributed by atoms with Crippen molar-refractivity contribution >= 4 is 0 Å². The average Bonchev–Trinajstić information content (AvgIpc) is 2.43. The van der Waals surface area contributed by atoms with Crippen LogP contribution in [0.1, 0.15) is 48.8 Å². The maximum absolute atomic E-state index is 10.6. The minimum Gasteiger partial charge on any atom is -0.390 e. The average molecular weight is 262 g/mol. The van der Waals surface area contributed by atoms with Gasteiger partial charge in [-0.25, -0.2) is 0 Å². The summed E-state index contributed by atoms with van der Waals surface area (Å²) in [5.41, 5.74) is 3.48. The van der Waals surface area contributed by atoms with E-state index in [0.29, 0.717) is 6.42 Å². The van der Waals surface area contributed by atoms with Gasteiger partial charge >= 0.3 is 0 Å². The molecule has 106 valence electrons. The highest BCUT2D eigenvalue weighted by molar-refractivity contribution is 5.30. The summed E-state index contributed by atoms with van der Waals surface area (Å²) in [6.45, 7) is 4.24. The first-order chi connectivity index (χ1) is 9.07. The third kappa shape index (κ3) is 3.18. The standard InChI is InChI=1S/C17H26O2/c1-13-7-8-15(11-14(13)2)12-16(18)17(19-3)9-5-4-6-10-17/h7-8,11,16,18H,4-6,9-10,12H2,1-3H3. The van der Waals surface area contributed by atoms with E-state index in [4.69, 9.17) is 4.74 Å². The molecule has 2 heteroatoms. The SMILES string of the molecule is COC1(C(O)Cc2ccc(C)c(C)c2)CCCCC1.